The third kappa shape index (κ3) is 4.60. The summed E-state index contributed by atoms with van der Waals surface area (Å²) in [4.78, 5) is 26.8. The monoisotopic (exact) mass is 586 g/mol. The molecule has 2 aliphatic carbocycles. The fraction of sp³-hybridized carbons (Fsp3) is 0.533. The van der Waals surface area contributed by atoms with Crippen LogP contribution in [0.3, 0.4) is 0 Å². The number of ether oxygens (including phenoxy) is 4. The van der Waals surface area contributed by atoms with E-state index < -0.39 is 17.5 Å². The predicted molar refractivity (Wildman–Crippen MR) is 145 cm³/mol. The van der Waals surface area contributed by atoms with Crippen molar-refractivity contribution in [3.05, 3.63) is 44.9 Å². The van der Waals surface area contributed by atoms with Gasteiger partial charge in [0.25, 0.3) is 0 Å². The maximum absolute atomic E-state index is 13.5. The molecule has 0 saturated heterocycles. The highest BCUT2D eigenvalue weighted by molar-refractivity contribution is 9.10. The highest BCUT2D eigenvalue weighted by Crippen LogP contribution is 2.57. The van der Waals surface area contributed by atoms with Gasteiger partial charge in [0.1, 0.15) is 23.7 Å². The average Bonchev–Trinajstić information content (AvgIpc) is 3.46. The molecule has 1 aliphatic heterocycles. The Labute approximate surface area is 231 Å². The van der Waals surface area contributed by atoms with Gasteiger partial charge in [-0.3, -0.25) is 4.79 Å². The van der Waals surface area contributed by atoms with E-state index in [9.17, 15) is 14.7 Å². The first kappa shape index (κ1) is 27.0. The summed E-state index contributed by atoms with van der Waals surface area (Å²) in [5.41, 5.74) is 1.46. The molecule has 1 N–H and O–H groups in total. The van der Waals surface area contributed by atoms with E-state index >= 15 is 0 Å². The number of carbonyl (C=O) groups excluding carboxylic acids is 2. The second-order valence-corrected chi connectivity index (χ2v) is 12.4. The molecule has 2 aromatic rings. The molecule has 204 valence electrons. The molecule has 5 rings (SSSR count). The number of benzene rings is 2. The van der Waals surface area contributed by atoms with E-state index in [2.05, 4.69) is 15.9 Å². The van der Waals surface area contributed by atoms with E-state index in [0.717, 1.165) is 24.8 Å². The van der Waals surface area contributed by atoms with Crippen molar-refractivity contribution in [2.24, 2.45) is 23.2 Å². The van der Waals surface area contributed by atoms with Gasteiger partial charge in [0.2, 0.25) is 0 Å². The Balaban J connectivity index is 1.56. The van der Waals surface area contributed by atoms with E-state index in [4.69, 9.17) is 18.9 Å². The van der Waals surface area contributed by atoms with Gasteiger partial charge in [0, 0.05) is 10.0 Å². The largest absolute Gasteiger partial charge is 0.495 e. The molecule has 0 unspecified atom stereocenters. The minimum Gasteiger partial charge on any atom is -0.495 e. The van der Waals surface area contributed by atoms with E-state index in [1.54, 1.807) is 18.2 Å². The summed E-state index contributed by atoms with van der Waals surface area (Å²) in [5, 5.41) is 10.8. The number of hydrogen-bond donors (Lipinski definition) is 1. The molecule has 8 heteroatoms. The SMILES string of the molecule is COc1c([C@@H](O)CC(C)C)ccc2c1C(=O)OCc1c(Br)c(C)cc(OC(=O)[C@@]3(C)C[C@H]4CC[C@@H]3C4)c1O2. The van der Waals surface area contributed by atoms with Crippen LogP contribution in [0.1, 0.15) is 86.0 Å². The number of cyclic esters (lactones) is 1. The lowest BCUT2D eigenvalue weighted by Crippen LogP contribution is -2.37. The number of hydrogen-bond acceptors (Lipinski definition) is 7. The van der Waals surface area contributed by atoms with Gasteiger partial charge in [-0.15, -0.1) is 0 Å². The maximum atomic E-state index is 13.5. The van der Waals surface area contributed by atoms with E-state index in [1.165, 1.54) is 13.5 Å². The molecule has 4 atom stereocenters. The van der Waals surface area contributed by atoms with Gasteiger partial charge >= 0.3 is 11.9 Å². The van der Waals surface area contributed by atoms with Crippen LogP contribution in [0.2, 0.25) is 0 Å². The number of esters is 2. The first-order valence-electron chi connectivity index (χ1n) is 13.3. The van der Waals surface area contributed by atoms with Crippen LogP contribution >= 0.6 is 15.9 Å². The summed E-state index contributed by atoms with van der Waals surface area (Å²) in [6.07, 6.45) is 3.83. The van der Waals surface area contributed by atoms with Crippen molar-refractivity contribution in [1.82, 2.24) is 0 Å². The number of aryl methyl sites for hydroxylation is 1. The smallest absolute Gasteiger partial charge is 0.346 e. The third-order valence-electron chi connectivity index (χ3n) is 8.45. The number of fused-ring (bicyclic) bond motifs is 4. The van der Waals surface area contributed by atoms with Crippen LogP contribution < -0.4 is 14.2 Å². The maximum Gasteiger partial charge on any atom is 0.346 e. The molecule has 38 heavy (non-hydrogen) atoms. The summed E-state index contributed by atoms with van der Waals surface area (Å²) in [5.74, 6) is 1.30. The minimum absolute atomic E-state index is 0.0903. The first-order chi connectivity index (χ1) is 18.0. The molecule has 2 aromatic carbocycles. The van der Waals surface area contributed by atoms with Crippen LogP contribution in [0, 0.1) is 30.1 Å². The normalized spacial score (nSPS) is 24.6. The van der Waals surface area contributed by atoms with Gasteiger partial charge in [-0.1, -0.05) is 20.3 Å². The van der Waals surface area contributed by atoms with E-state index in [1.807, 2.05) is 27.7 Å². The number of aliphatic hydroxyl groups excluding tert-OH is 1. The van der Waals surface area contributed by atoms with Gasteiger partial charge < -0.3 is 24.1 Å². The molecule has 0 aromatic heterocycles. The van der Waals surface area contributed by atoms with Crippen LogP contribution in [0.4, 0.5) is 0 Å². The lowest BCUT2D eigenvalue weighted by Gasteiger charge is -2.32. The fourth-order valence-electron chi connectivity index (χ4n) is 6.44. The highest BCUT2D eigenvalue weighted by Gasteiger charge is 2.53. The summed E-state index contributed by atoms with van der Waals surface area (Å²) < 4.78 is 24.5. The van der Waals surface area contributed by atoms with E-state index in [-0.39, 0.29) is 35.6 Å². The van der Waals surface area contributed by atoms with Gasteiger partial charge in [-0.05, 0) is 97.0 Å². The quantitative estimate of drug-likeness (QED) is 0.286. The summed E-state index contributed by atoms with van der Waals surface area (Å²) in [6.45, 7) is 7.83. The average molecular weight is 588 g/mol. The molecule has 0 radical (unpaired) electrons. The van der Waals surface area contributed by atoms with Crippen molar-refractivity contribution in [2.45, 2.75) is 72.5 Å². The summed E-state index contributed by atoms with van der Waals surface area (Å²) in [7, 11) is 1.45. The van der Waals surface area contributed by atoms with Crippen molar-refractivity contribution in [2.75, 3.05) is 7.11 Å². The molecule has 0 spiro atoms. The minimum atomic E-state index is -0.823. The van der Waals surface area contributed by atoms with E-state index in [0.29, 0.717) is 45.4 Å². The Bertz CT molecular complexity index is 1290. The third-order valence-corrected chi connectivity index (χ3v) is 9.56. The standard InChI is InChI=1S/C30H35BrO7/c1-15(2)10-21(32)19-8-9-22-24(27(19)35-5)28(33)36-14-20-25(31)16(3)11-23(26(20)37-22)38-29(34)30(4)13-17-6-7-18(30)12-17/h8-9,11,15,17-18,21,32H,6-7,10,12-14H2,1-5H3/t17-,18+,21-,30-/m0/s1. The second kappa shape index (κ2) is 10.2. The fourth-order valence-corrected chi connectivity index (χ4v) is 6.84. The Morgan fingerprint density at radius 3 is 2.68 bits per heavy atom. The molecule has 1 heterocycles. The molecule has 3 aliphatic rings. The Kier molecular flexibility index (Phi) is 7.24. The molecule has 2 bridgehead atoms. The molecule has 2 saturated carbocycles. The van der Waals surface area contributed by atoms with Crippen LogP contribution in [-0.4, -0.2) is 24.2 Å². The van der Waals surface area contributed by atoms with Gasteiger partial charge in [0.15, 0.2) is 11.5 Å². The van der Waals surface area contributed by atoms with Crippen LogP contribution in [-0.2, 0) is 16.1 Å². The number of carbonyl (C=O) groups is 2. The molecular weight excluding hydrogens is 552 g/mol. The van der Waals surface area contributed by atoms with Crippen molar-refractivity contribution in [3.8, 4) is 23.0 Å². The predicted octanol–water partition coefficient (Wildman–Crippen LogP) is 7.04. The first-order valence-corrected chi connectivity index (χ1v) is 14.1. The molecule has 2 fully saturated rings. The number of aliphatic hydroxyl groups is 1. The van der Waals surface area contributed by atoms with Crippen LogP contribution in [0.5, 0.6) is 23.0 Å². The number of rotatable bonds is 6. The topological polar surface area (TPSA) is 91.3 Å². The number of methoxy groups -OCH3 is 1. The Hall–Kier alpha value is -2.58. The zero-order valence-corrected chi connectivity index (χ0v) is 24.1. The zero-order valence-electron chi connectivity index (χ0n) is 22.6. The molecular formula is C30H35BrO7. The molecule has 7 nitrogen and oxygen atoms in total. The Morgan fingerprint density at radius 1 is 1.29 bits per heavy atom. The van der Waals surface area contributed by atoms with Crippen LogP contribution in [0.15, 0.2) is 22.7 Å². The lowest BCUT2D eigenvalue weighted by atomic mass is 9.75. The number of halogens is 1. The van der Waals surface area contributed by atoms with Gasteiger partial charge in [-0.2, -0.15) is 0 Å². The van der Waals surface area contributed by atoms with Crippen molar-refractivity contribution in [1.29, 1.82) is 0 Å². The van der Waals surface area contributed by atoms with Gasteiger partial charge in [-0.25, -0.2) is 4.79 Å². The summed E-state index contributed by atoms with van der Waals surface area (Å²) >= 11 is 3.60. The summed E-state index contributed by atoms with van der Waals surface area (Å²) in [6, 6.07) is 5.10. The lowest BCUT2D eigenvalue weighted by molar-refractivity contribution is -0.148. The zero-order chi connectivity index (χ0) is 27.4. The van der Waals surface area contributed by atoms with Crippen LogP contribution in [0.25, 0.3) is 0 Å². The van der Waals surface area contributed by atoms with Gasteiger partial charge in [0.05, 0.1) is 24.2 Å². The molecule has 0 amide bonds. The highest BCUT2D eigenvalue weighted by atomic mass is 79.9. The van der Waals surface area contributed by atoms with Crippen molar-refractivity contribution < 1.29 is 33.6 Å². The second-order valence-electron chi connectivity index (χ2n) is 11.6. The van der Waals surface area contributed by atoms with Crippen molar-refractivity contribution in [3.63, 3.8) is 0 Å². The Morgan fingerprint density at radius 2 is 2.05 bits per heavy atom. The van der Waals surface area contributed by atoms with Crippen molar-refractivity contribution >= 4 is 27.9 Å².